The molecule has 0 aromatic carbocycles. The van der Waals surface area contributed by atoms with E-state index in [9.17, 15) is 0 Å². The van der Waals surface area contributed by atoms with Gasteiger partial charge in [-0.3, -0.25) is 0 Å². The molecule has 0 aliphatic carbocycles. The van der Waals surface area contributed by atoms with Crippen molar-refractivity contribution in [1.29, 1.82) is 0 Å². The van der Waals surface area contributed by atoms with Crippen molar-refractivity contribution >= 4 is 33.5 Å². The van der Waals surface area contributed by atoms with Crippen LogP contribution in [0.4, 0.5) is 5.82 Å². The first-order chi connectivity index (χ1) is 8.08. The fraction of sp³-hybridized carbons (Fsp3) is 0.667. The third-order valence-electron chi connectivity index (χ3n) is 2.19. The standard InChI is InChI=1S/C12H20BrN3S/c1-5-14-12-11(13)9(6-8(2)3)15-10(16-12)7-17-4/h8H,5-7H2,1-4H3,(H,14,15,16). The molecular formula is C12H20BrN3S. The summed E-state index contributed by atoms with van der Waals surface area (Å²) in [5, 5.41) is 3.28. The largest absolute Gasteiger partial charge is 0.369 e. The summed E-state index contributed by atoms with van der Waals surface area (Å²) < 4.78 is 1.01. The van der Waals surface area contributed by atoms with E-state index in [1.165, 1.54) is 0 Å². The van der Waals surface area contributed by atoms with Gasteiger partial charge in [-0.25, -0.2) is 9.97 Å². The molecule has 1 rings (SSSR count). The molecule has 0 saturated carbocycles. The van der Waals surface area contributed by atoms with Crippen molar-refractivity contribution in [2.24, 2.45) is 5.92 Å². The van der Waals surface area contributed by atoms with Gasteiger partial charge < -0.3 is 5.32 Å². The second-order valence-electron chi connectivity index (χ2n) is 4.31. The first kappa shape index (κ1) is 14.8. The van der Waals surface area contributed by atoms with Gasteiger partial charge in [-0.05, 0) is 41.4 Å². The summed E-state index contributed by atoms with van der Waals surface area (Å²) in [7, 11) is 0. The number of nitrogens with zero attached hydrogens (tertiary/aromatic N) is 2. The van der Waals surface area contributed by atoms with Gasteiger partial charge in [0.15, 0.2) is 0 Å². The van der Waals surface area contributed by atoms with Gasteiger partial charge in [0.05, 0.1) is 15.9 Å². The van der Waals surface area contributed by atoms with Crippen LogP contribution in [-0.4, -0.2) is 22.8 Å². The number of thioether (sulfide) groups is 1. The summed E-state index contributed by atoms with van der Waals surface area (Å²) in [4.78, 5) is 9.16. The first-order valence-corrected chi connectivity index (χ1v) is 8.05. The van der Waals surface area contributed by atoms with Crippen molar-refractivity contribution in [2.45, 2.75) is 32.9 Å². The average molecular weight is 318 g/mol. The molecule has 1 aromatic heterocycles. The Hall–Kier alpha value is -0.290. The minimum Gasteiger partial charge on any atom is -0.369 e. The van der Waals surface area contributed by atoms with E-state index >= 15 is 0 Å². The topological polar surface area (TPSA) is 37.8 Å². The van der Waals surface area contributed by atoms with Gasteiger partial charge >= 0.3 is 0 Å². The second kappa shape index (κ2) is 7.21. The Morgan fingerprint density at radius 2 is 2.06 bits per heavy atom. The molecule has 0 unspecified atom stereocenters. The van der Waals surface area contributed by atoms with Crippen LogP contribution in [-0.2, 0) is 12.2 Å². The maximum atomic E-state index is 4.63. The lowest BCUT2D eigenvalue weighted by Crippen LogP contribution is -2.09. The van der Waals surface area contributed by atoms with Gasteiger partial charge in [-0.1, -0.05) is 13.8 Å². The first-order valence-electron chi connectivity index (χ1n) is 5.86. The highest BCUT2D eigenvalue weighted by atomic mass is 79.9. The Kier molecular flexibility index (Phi) is 6.27. The number of anilines is 1. The quantitative estimate of drug-likeness (QED) is 0.867. The molecule has 17 heavy (non-hydrogen) atoms. The summed E-state index contributed by atoms with van der Waals surface area (Å²) in [6, 6.07) is 0. The van der Waals surface area contributed by atoms with Gasteiger partial charge in [0.1, 0.15) is 11.6 Å². The molecule has 3 nitrogen and oxygen atoms in total. The van der Waals surface area contributed by atoms with E-state index in [2.05, 4.69) is 58.2 Å². The molecule has 0 spiro atoms. The van der Waals surface area contributed by atoms with Crippen LogP contribution in [0.5, 0.6) is 0 Å². The summed E-state index contributed by atoms with van der Waals surface area (Å²) in [5.41, 5.74) is 1.11. The minimum absolute atomic E-state index is 0.595. The molecular weight excluding hydrogens is 298 g/mol. The third-order valence-corrected chi connectivity index (χ3v) is 3.57. The molecule has 0 amide bonds. The Morgan fingerprint density at radius 3 is 2.59 bits per heavy atom. The number of rotatable bonds is 6. The predicted octanol–water partition coefficient (Wildman–Crippen LogP) is 3.73. The summed E-state index contributed by atoms with van der Waals surface area (Å²) >= 11 is 5.35. The van der Waals surface area contributed by atoms with E-state index < -0.39 is 0 Å². The van der Waals surface area contributed by atoms with Crippen LogP contribution in [0, 0.1) is 5.92 Å². The van der Waals surface area contributed by atoms with Crippen LogP contribution in [0.2, 0.25) is 0 Å². The molecule has 0 atom stereocenters. The fourth-order valence-electron chi connectivity index (χ4n) is 1.54. The Bertz CT molecular complexity index is 369. The SMILES string of the molecule is CCNc1nc(CSC)nc(CC(C)C)c1Br. The van der Waals surface area contributed by atoms with Crippen molar-refractivity contribution in [3.63, 3.8) is 0 Å². The number of nitrogens with one attached hydrogen (secondary N) is 1. The van der Waals surface area contributed by atoms with E-state index in [0.717, 1.165) is 40.5 Å². The van der Waals surface area contributed by atoms with Crippen molar-refractivity contribution in [2.75, 3.05) is 18.1 Å². The van der Waals surface area contributed by atoms with Crippen LogP contribution in [0.25, 0.3) is 0 Å². The zero-order valence-electron chi connectivity index (χ0n) is 10.9. The van der Waals surface area contributed by atoms with Crippen LogP contribution < -0.4 is 5.32 Å². The van der Waals surface area contributed by atoms with E-state index in [-0.39, 0.29) is 0 Å². The molecule has 0 bridgehead atoms. The van der Waals surface area contributed by atoms with Crippen LogP contribution in [0.3, 0.4) is 0 Å². The maximum absolute atomic E-state index is 4.63. The summed E-state index contributed by atoms with van der Waals surface area (Å²) in [5.74, 6) is 3.28. The number of aromatic nitrogens is 2. The van der Waals surface area contributed by atoms with Gasteiger partial charge in [-0.2, -0.15) is 11.8 Å². The lowest BCUT2D eigenvalue weighted by atomic mass is 10.1. The van der Waals surface area contributed by atoms with Crippen LogP contribution in [0.1, 0.15) is 32.3 Å². The van der Waals surface area contributed by atoms with Gasteiger partial charge in [0, 0.05) is 6.54 Å². The molecule has 1 aromatic rings. The second-order valence-corrected chi connectivity index (χ2v) is 5.97. The maximum Gasteiger partial charge on any atom is 0.144 e. The fourth-order valence-corrected chi connectivity index (χ4v) is 2.41. The van der Waals surface area contributed by atoms with Crippen molar-refractivity contribution in [3.8, 4) is 0 Å². The van der Waals surface area contributed by atoms with Crippen LogP contribution >= 0.6 is 27.7 Å². The van der Waals surface area contributed by atoms with E-state index in [0.29, 0.717) is 5.92 Å². The lowest BCUT2D eigenvalue weighted by molar-refractivity contribution is 0.629. The normalized spacial score (nSPS) is 10.9. The predicted molar refractivity (Wildman–Crippen MR) is 79.7 cm³/mol. The van der Waals surface area contributed by atoms with Gasteiger partial charge in [-0.15, -0.1) is 0 Å². The van der Waals surface area contributed by atoms with Crippen molar-refractivity contribution < 1.29 is 0 Å². The highest BCUT2D eigenvalue weighted by Gasteiger charge is 2.12. The van der Waals surface area contributed by atoms with E-state index in [1.54, 1.807) is 11.8 Å². The minimum atomic E-state index is 0.595. The van der Waals surface area contributed by atoms with E-state index in [1.807, 2.05) is 0 Å². The highest BCUT2D eigenvalue weighted by molar-refractivity contribution is 9.10. The highest BCUT2D eigenvalue weighted by Crippen LogP contribution is 2.26. The molecule has 1 N–H and O–H groups in total. The molecule has 5 heteroatoms. The third kappa shape index (κ3) is 4.47. The van der Waals surface area contributed by atoms with Crippen molar-refractivity contribution in [3.05, 3.63) is 16.0 Å². The number of hydrogen-bond acceptors (Lipinski definition) is 4. The molecule has 0 aliphatic rings. The molecule has 96 valence electrons. The lowest BCUT2D eigenvalue weighted by Gasteiger charge is -2.13. The number of halogens is 1. The van der Waals surface area contributed by atoms with Crippen molar-refractivity contribution in [1.82, 2.24) is 9.97 Å². The molecule has 1 heterocycles. The number of hydrogen-bond donors (Lipinski definition) is 1. The molecule has 0 aliphatic heterocycles. The van der Waals surface area contributed by atoms with E-state index in [4.69, 9.17) is 0 Å². The Morgan fingerprint density at radius 1 is 1.35 bits per heavy atom. The molecule has 0 saturated heterocycles. The smallest absolute Gasteiger partial charge is 0.144 e. The monoisotopic (exact) mass is 317 g/mol. The average Bonchev–Trinajstić information content (AvgIpc) is 2.24. The van der Waals surface area contributed by atoms with Gasteiger partial charge in [0.2, 0.25) is 0 Å². The summed E-state index contributed by atoms with van der Waals surface area (Å²) in [6.45, 7) is 7.35. The summed E-state index contributed by atoms with van der Waals surface area (Å²) in [6.07, 6.45) is 3.04. The molecule has 0 radical (unpaired) electrons. The Labute approximate surface area is 116 Å². The van der Waals surface area contributed by atoms with Crippen LogP contribution in [0.15, 0.2) is 4.47 Å². The molecule has 0 fully saturated rings. The zero-order chi connectivity index (χ0) is 12.8. The Balaban J connectivity index is 3.07. The zero-order valence-corrected chi connectivity index (χ0v) is 13.3. The van der Waals surface area contributed by atoms with Gasteiger partial charge in [0.25, 0.3) is 0 Å².